The zero-order chi connectivity index (χ0) is 13.7. The number of likely N-dealkylation sites (N-methyl/N-ethyl adjacent to an activating group) is 1. The van der Waals surface area contributed by atoms with Gasteiger partial charge in [-0.25, -0.2) is 0 Å². The third kappa shape index (κ3) is 3.94. The van der Waals surface area contributed by atoms with Gasteiger partial charge in [0, 0.05) is 30.7 Å². The molecule has 1 saturated heterocycles. The largest absolute Gasteiger partial charge is 0.376 e. The normalized spacial score (nSPS) is 18.8. The van der Waals surface area contributed by atoms with E-state index in [-0.39, 0.29) is 0 Å². The van der Waals surface area contributed by atoms with E-state index in [1.807, 2.05) is 7.05 Å². The lowest BCUT2D eigenvalue weighted by Crippen LogP contribution is -2.32. The zero-order valence-corrected chi connectivity index (χ0v) is 13.4. The molecule has 1 heterocycles. The van der Waals surface area contributed by atoms with Crippen molar-refractivity contribution >= 4 is 21.6 Å². The number of ether oxygens (including phenoxy) is 1. The highest BCUT2D eigenvalue weighted by molar-refractivity contribution is 9.10. The molecule has 106 valence electrons. The molecule has 1 atom stereocenters. The lowest BCUT2D eigenvalue weighted by Gasteiger charge is -2.27. The summed E-state index contributed by atoms with van der Waals surface area (Å²) in [7, 11) is 1.97. The fourth-order valence-electron chi connectivity index (χ4n) is 2.55. The minimum absolute atomic E-state index is 0.392. The number of hydrogen-bond donors (Lipinski definition) is 1. The van der Waals surface area contributed by atoms with Gasteiger partial charge in [-0.05, 0) is 60.4 Å². The van der Waals surface area contributed by atoms with E-state index < -0.39 is 0 Å². The average molecular weight is 327 g/mol. The zero-order valence-electron chi connectivity index (χ0n) is 11.8. The van der Waals surface area contributed by atoms with Crippen LogP contribution in [-0.2, 0) is 11.3 Å². The first kappa shape index (κ1) is 14.8. The fraction of sp³-hybridized carbons (Fsp3) is 0.600. The van der Waals surface area contributed by atoms with E-state index in [2.05, 4.69) is 51.3 Å². The molecule has 2 rings (SSSR count). The first-order valence-electron chi connectivity index (χ1n) is 7.04. The van der Waals surface area contributed by atoms with E-state index in [1.165, 1.54) is 28.6 Å². The number of halogens is 1. The van der Waals surface area contributed by atoms with Crippen molar-refractivity contribution in [2.75, 3.05) is 31.6 Å². The molecule has 0 amide bonds. The Morgan fingerprint density at radius 1 is 1.47 bits per heavy atom. The van der Waals surface area contributed by atoms with Crippen LogP contribution in [0, 0.1) is 0 Å². The summed E-state index contributed by atoms with van der Waals surface area (Å²) in [5, 5.41) is 3.18. The molecule has 0 spiro atoms. The summed E-state index contributed by atoms with van der Waals surface area (Å²) in [5.74, 6) is 0. The number of benzene rings is 1. The van der Waals surface area contributed by atoms with Gasteiger partial charge in [-0.2, -0.15) is 0 Å². The first-order valence-corrected chi connectivity index (χ1v) is 7.83. The van der Waals surface area contributed by atoms with Gasteiger partial charge in [-0.1, -0.05) is 6.07 Å². The van der Waals surface area contributed by atoms with Crippen molar-refractivity contribution in [2.45, 2.75) is 32.4 Å². The molecule has 1 aromatic rings. The molecular weight excluding hydrogens is 304 g/mol. The number of anilines is 1. The summed E-state index contributed by atoms with van der Waals surface area (Å²) < 4.78 is 6.91. The Hall–Kier alpha value is -0.580. The summed E-state index contributed by atoms with van der Waals surface area (Å²) in [6, 6.07) is 6.59. The Labute approximate surface area is 124 Å². The molecule has 0 aromatic heterocycles. The van der Waals surface area contributed by atoms with E-state index in [9.17, 15) is 0 Å². The van der Waals surface area contributed by atoms with Gasteiger partial charge in [0.2, 0.25) is 0 Å². The maximum Gasteiger partial charge on any atom is 0.0750 e. The second kappa shape index (κ2) is 7.27. The molecule has 0 aliphatic carbocycles. The molecule has 19 heavy (non-hydrogen) atoms. The van der Waals surface area contributed by atoms with Crippen LogP contribution in [-0.4, -0.2) is 32.8 Å². The van der Waals surface area contributed by atoms with Crippen LogP contribution in [0.15, 0.2) is 22.7 Å². The molecule has 1 unspecified atom stereocenters. The van der Waals surface area contributed by atoms with Crippen LogP contribution in [0.1, 0.15) is 25.3 Å². The number of nitrogens with one attached hydrogen (secondary N) is 1. The minimum atomic E-state index is 0.392. The second-order valence-corrected chi connectivity index (χ2v) is 5.84. The third-order valence-corrected chi connectivity index (χ3v) is 4.20. The number of nitrogens with zero attached hydrogens (tertiary/aromatic N) is 1. The van der Waals surface area contributed by atoms with Crippen molar-refractivity contribution in [3.63, 3.8) is 0 Å². The van der Waals surface area contributed by atoms with Gasteiger partial charge < -0.3 is 15.0 Å². The molecule has 1 aliphatic rings. The Balaban J connectivity index is 2.08. The van der Waals surface area contributed by atoms with E-state index in [4.69, 9.17) is 4.74 Å². The molecule has 1 fully saturated rings. The summed E-state index contributed by atoms with van der Waals surface area (Å²) in [6.07, 6.45) is 2.78. The van der Waals surface area contributed by atoms with E-state index in [0.717, 1.165) is 26.2 Å². The van der Waals surface area contributed by atoms with Gasteiger partial charge in [0.05, 0.1) is 11.8 Å². The van der Waals surface area contributed by atoms with E-state index >= 15 is 0 Å². The Kier molecular flexibility index (Phi) is 5.67. The van der Waals surface area contributed by atoms with Crippen molar-refractivity contribution in [1.29, 1.82) is 0 Å². The molecular formula is C15H23BrN2O. The Morgan fingerprint density at radius 2 is 2.32 bits per heavy atom. The monoisotopic (exact) mass is 326 g/mol. The van der Waals surface area contributed by atoms with Crippen LogP contribution in [0.2, 0.25) is 0 Å². The summed E-state index contributed by atoms with van der Waals surface area (Å²) in [4.78, 5) is 2.39. The quantitative estimate of drug-likeness (QED) is 0.869. The summed E-state index contributed by atoms with van der Waals surface area (Å²) >= 11 is 3.70. The highest BCUT2D eigenvalue weighted by Crippen LogP contribution is 2.28. The smallest absolute Gasteiger partial charge is 0.0750 e. The van der Waals surface area contributed by atoms with Crippen LogP contribution >= 0.6 is 15.9 Å². The molecule has 1 aliphatic heterocycles. The maximum absolute atomic E-state index is 5.74. The topological polar surface area (TPSA) is 24.5 Å². The minimum Gasteiger partial charge on any atom is -0.376 e. The van der Waals surface area contributed by atoms with E-state index in [1.54, 1.807) is 0 Å². The SMILES string of the molecule is CCN(CC1CCCO1)c1ccc(CNC)cc1Br. The van der Waals surface area contributed by atoms with Gasteiger partial charge in [0.15, 0.2) is 0 Å². The molecule has 0 bridgehead atoms. The number of hydrogen-bond acceptors (Lipinski definition) is 3. The van der Waals surface area contributed by atoms with E-state index in [0.29, 0.717) is 6.10 Å². The molecule has 1 aromatic carbocycles. The molecule has 0 radical (unpaired) electrons. The van der Waals surface area contributed by atoms with Crippen LogP contribution in [0.5, 0.6) is 0 Å². The van der Waals surface area contributed by atoms with Gasteiger partial charge >= 0.3 is 0 Å². The highest BCUT2D eigenvalue weighted by Gasteiger charge is 2.19. The third-order valence-electron chi connectivity index (χ3n) is 3.56. The second-order valence-electron chi connectivity index (χ2n) is 4.99. The number of rotatable bonds is 6. The lowest BCUT2D eigenvalue weighted by molar-refractivity contribution is 0.115. The first-order chi connectivity index (χ1) is 9.24. The standard InChI is InChI=1S/C15H23BrN2O/c1-3-18(11-13-5-4-8-19-13)15-7-6-12(10-17-2)9-14(15)16/h6-7,9,13,17H,3-5,8,10-11H2,1-2H3. The van der Waals surface area contributed by atoms with Gasteiger partial charge in [-0.15, -0.1) is 0 Å². The molecule has 1 N–H and O–H groups in total. The summed E-state index contributed by atoms with van der Waals surface area (Å²) in [5.41, 5.74) is 2.56. The van der Waals surface area contributed by atoms with Crippen molar-refractivity contribution in [1.82, 2.24) is 5.32 Å². The van der Waals surface area contributed by atoms with Gasteiger partial charge in [-0.3, -0.25) is 0 Å². The van der Waals surface area contributed by atoms with Crippen molar-refractivity contribution in [3.8, 4) is 0 Å². The van der Waals surface area contributed by atoms with Gasteiger partial charge in [0.25, 0.3) is 0 Å². The average Bonchev–Trinajstić information content (AvgIpc) is 2.90. The van der Waals surface area contributed by atoms with Gasteiger partial charge in [0.1, 0.15) is 0 Å². The van der Waals surface area contributed by atoms with Crippen molar-refractivity contribution in [3.05, 3.63) is 28.2 Å². The maximum atomic E-state index is 5.74. The van der Waals surface area contributed by atoms with Crippen LogP contribution < -0.4 is 10.2 Å². The van der Waals surface area contributed by atoms with Crippen molar-refractivity contribution in [2.24, 2.45) is 0 Å². The lowest BCUT2D eigenvalue weighted by atomic mass is 10.1. The van der Waals surface area contributed by atoms with Crippen LogP contribution in [0.4, 0.5) is 5.69 Å². The Morgan fingerprint density at radius 3 is 2.89 bits per heavy atom. The molecule has 4 heteroatoms. The summed E-state index contributed by atoms with van der Waals surface area (Å²) in [6.45, 7) is 6.01. The predicted molar refractivity (Wildman–Crippen MR) is 83.8 cm³/mol. The predicted octanol–water partition coefficient (Wildman–Crippen LogP) is 3.17. The fourth-order valence-corrected chi connectivity index (χ4v) is 3.23. The van der Waals surface area contributed by atoms with Crippen LogP contribution in [0.3, 0.4) is 0 Å². The molecule has 3 nitrogen and oxygen atoms in total. The Bertz CT molecular complexity index is 405. The molecule has 0 saturated carbocycles. The van der Waals surface area contributed by atoms with Crippen molar-refractivity contribution < 1.29 is 4.74 Å². The highest BCUT2D eigenvalue weighted by atomic mass is 79.9. The van der Waals surface area contributed by atoms with Crippen LogP contribution in [0.25, 0.3) is 0 Å².